The summed E-state index contributed by atoms with van der Waals surface area (Å²) >= 11 is 0. The summed E-state index contributed by atoms with van der Waals surface area (Å²) in [6.45, 7) is 0. The molecule has 0 amide bonds. The van der Waals surface area contributed by atoms with E-state index in [9.17, 15) is 14.5 Å². The van der Waals surface area contributed by atoms with Crippen LogP contribution in [0.4, 0.5) is 0 Å². The molecule has 0 aliphatic heterocycles. The average molecular weight is 153 g/mol. The molecular formula is C6H3NO4. The second-order valence-electron chi connectivity index (χ2n) is 1.77. The lowest BCUT2D eigenvalue weighted by molar-refractivity contribution is -0.117. The molecule has 1 rings (SSSR count). The van der Waals surface area contributed by atoms with Crippen molar-refractivity contribution in [3.8, 4) is 0 Å². The van der Waals surface area contributed by atoms with E-state index in [1.54, 1.807) is 0 Å². The number of carbonyl (C=O) groups is 2. The maximum atomic E-state index is 10.7. The number of allylic oxidation sites excluding steroid dienone is 3. The van der Waals surface area contributed by atoms with Crippen molar-refractivity contribution in [2.75, 3.05) is 0 Å². The highest BCUT2D eigenvalue weighted by Crippen LogP contribution is 2.06. The number of hydrogen-bond donors (Lipinski definition) is 0. The van der Waals surface area contributed by atoms with E-state index in [0.717, 1.165) is 18.2 Å². The van der Waals surface area contributed by atoms with Gasteiger partial charge in [0, 0.05) is 6.08 Å². The van der Waals surface area contributed by atoms with Crippen LogP contribution in [0.15, 0.2) is 29.3 Å². The van der Waals surface area contributed by atoms with Gasteiger partial charge in [0.25, 0.3) is 0 Å². The van der Waals surface area contributed by atoms with Crippen LogP contribution in [-0.2, 0) is 14.4 Å². The number of rotatable bonds is 2. The lowest BCUT2D eigenvalue weighted by Crippen LogP contribution is -2.08. The predicted octanol–water partition coefficient (Wildman–Crippen LogP) is 0.276. The summed E-state index contributed by atoms with van der Waals surface area (Å²) < 4.78 is 0. The molecule has 1 aliphatic carbocycles. The molecule has 0 aromatic rings. The van der Waals surface area contributed by atoms with Crippen molar-refractivity contribution in [2.24, 2.45) is 5.34 Å². The Morgan fingerprint density at radius 3 is 2.64 bits per heavy atom. The molecule has 0 aromatic carbocycles. The van der Waals surface area contributed by atoms with Gasteiger partial charge in [0.05, 0.1) is 0 Å². The summed E-state index contributed by atoms with van der Waals surface area (Å²) in [5.41, 5.74) is 0. The number of carbonyl (C=O) groups excluding carboxylic acids is 2. The maximum absolute atomic E-state index is 10.7. The van der Waals surface area contributed by atoms with Crippen molar-refractivity contribution in [1.82, 2.24) is 0 Å². The minimum atomic E-state index is -0.538. The Hall–Kier alpha value is -1.78. The van der Waals surface area contributed by atoms with Crippen LogP contribution < -0.4 is 0 Å². The number of nitrogens with zero attached hydrogens (tertiary/aromatic N) is 1. The second-order valence-corrected chi connectivity index (χ2v) is 1.77. The molecule has 0 N–H and O–H groups in total. The first-order valence-corrected chi connectivity index (χ1v) is 2.72. The maximum Gasteiger partial charge on any atom is 0.224 e. The van der Waals surface area contributed by atoms with Crippen LogP contribution in [-0.4, -0.2) is 11.6 Å². The van der Waals surface area contributed by atoms with Crippen LogP contribution in [0.2, 0.25) is 0 Å². The van der Waals surface area contributed by atoms with Gasteiger partial charge < -0.3 is 4.84 Å². The van der Waals surface area contributed by atoms with Gasteiger partial charge in [-0.1, -0.05) is 0 Å². The minimum absolute atomic E-state index is 0.340. The summed E-state index contributed by atoms with van der Waals surface area (Å²) in [5.74, 6) is -1.28. The first-order chi connectivity index (χ1) is 5.24. The van der Waals surface area contributed by atoms with E-state index in [1.165, 1.54) is 0 Å². The van der Waals surface area contributed by atoms with E-state index in [-0.39, 0.29) is 5.76 Å². The third-order valence-electron chi connectivity index (χ3n) is 1.05. The Morgan fingerprint density at radius 1 is 1.27 bits per heavy atom. The third-order valence-corrected chi connectivity index (χ3v) is 1.05. The molecule has 0 aromatic heterocycles. The zero-order chi connectivity index (χ0) is 8.27. The fourth-order valence-corrected chi connectivity index (χ4v) is 0.600. The van der Waals surface area contributed by atoms with E-state index < -0.39 is 11.6 Å². The van der Waals surface area contributed by atoms with Gasteiger partial charge in [-0.2, -0.15) is 0 Å². The monoisotopic (exact) mass is 153 g/mol. The van der Waals surface area contributed by atoms with Crippen LogP contribution in [0.25, 0.3) is 0 Å². The molecule has 0 bridgehead atoms. The van der Waals surface area contributed by atoms with E-state index in [1.807, 2.05) is 5.34 Å². The van der Waals surface area contributed by atoms with Crippen molar-refractivity contribution in [1.29, 1.82) is 0 Å². The Balaban J connectivity index is 2.84. The molecule has 5 heteroatoms. The topological polar surface area (TPSA) is 72.8 Å². The Kier molecular flexibility index (Phi) is 1.91. The Bertz CT molecular complexity index is 276. The lowest BCUT2D eigenvalue weighted by atomic mass is 10.1. The van der Waals surface area contributed by atoms with Gasteiger partial charge in [-0.25, -0.2) is 0 Å². The summed E-state index contributed by atoms with van der Waals surface area (Å²) in [4.78, 5) is 34.8. The molecule has 0 saturated heterocycles. The van der Waals surface area contributed by atoms with Crippen LogP contribution >= 0.6 is 0 Å². The molecule has 0 atom stereocenters. The van der Waals surface area contributed by atoms with Crippen molar-refractivity contribution >= 4 is 11.6 Å². The molecule has 0 heterocycles. The number of hydrogen-bond acceptors (Lipinski definition) is 5. The first-order valence-electron chi connectivity index (χ1n) is 2.72. The van der Waals surface area contributed by atoms with Crippen molar-refractivity contribution < 1.29 is 14.4 Å². The third kappa shape index (κ3) is 1.57. The second kappa shape index (κ2) is 2.87. The Labute approximate surface area is 61.3 Å². The highest BCUT2D eigenvalue weighted by atomic mass is 16.7. The van der Waals surface area contributed by atoms with Crippen molar-refractivity contribution in [3.05, 3.63) is 28.9 Å². The van der Waals surface area contributed by atoms with Gasteiger partial charge in [-0.05, 0) is 12.2 Å². The van der Waals surface area contributed by atoms with Gasteiger partial charge in [0.1, 0.15) is 0 Å². The summed E-state index contributed by atoms with van der Waals surface area (Å²) in [6, 6.07) is 0. The number of ketones is 2. The van der Waals surface area contributed by atoms with E-state index in [4.69, 9.17) is 0 Å². The van der Waals surface area contributed by atoms with E-state index in [2.05, 4.69) is 4.84 Å². The normalized spacial score (nSPS) is 16.2. The van der Waals surface area contributed by atoms with Crippen molar-refractivity contribution in [2.45, 2.75) is 0 Å². The van der Waals surface area contributed by atoms with Gasteiger partial charge in [-0.3, -0.25) is 9.59 Å². The first kappa shape index (κ1) is 7.33. The van der Waals surface area contributed by atoms with E-state index in [0.29, 0.717) is 0 Å². The summed E-state index contributed by atoms with van der Waals surface area (Å²) in [6.07, 6.45) is 3.01. The zero-order valence-corrected chi connectivity index (χ0v) is 5.31. The SMILES string of the molecule is O=NOC1=CC(=O)C=CC1=O. The van der Waals surface area contributed by atoms with Gasteiger partial charge in [-0.15, -0.1) is 4.91 Å². The molecule has 0 unspecified atom stereocenters. The standard InChI is InChI=1S/C6H3NO4/c8-4-1-2-5(9)6(3-4)11-7-10/h1-3H. The highest BCUT2D eigenvalue weighted by molar-refractivity contribution is 6.16. The van der Waals surface area contributed by atoms with Crippen LogP contribution in [0.3, 0.4) is 0 Å². The molecule has 0 radical (unpaired) electrons. The quantitative estimate of drug-likeness (QED) is 0.324. The fraction of sp³-hybridized carbons (Fsp3) is 0. The predicted molar refractivity (Wildman–Crippen MR) is 34.1 cm³/mol. The van der Waals surface area contributed by atoms with Gasteiger partial charge in [0.2, 0.25) is 11.5 Å². The molecule has 0 saturated carbocycles. The van der Waals surface area contributed by atoms with Gasteiger partial charge in [0.15, 0.2) is 11.1 Å². The molecule has 0 spiro atoms. The van der Waals surface area contributed by atoms with Crippen LogP contribution in [0, 0.1) is 4.91 Å². The molecule has 56 valence electrons. The average Bonchev–Trinajstić information content (AvgIpc) is 1.98. The molecule has 11 heavy (non-hydrogen) atoms. The fourth-order valence-electron chi connectivity index (χ4n) is 0.600. The molecule has 1 aliphatic rings. The van der Waals surface area contributed by atoms with Crippen LogP contribution in [0.5, 0.6) is 0 Å². The Morgan fingerprint density at radius 2 is 2.00 bits per heavy atom. The van der Waals surface area contributed by atoms with E-state index >= 15 is 0 Å². The highest BCUT2D eigenvalue weighted by Gasteiger charge is 2.14. The minimum Gasteiger partial charge on any atom is -0.320 e. The smallest absolute Gasteiger partial charge is 0.224 e. The zero-order valence-electron chi connectivity index (χ0n) is 5.31. The molecule has 0 fully saturated rings. The molecular weight excluding hydrogens is 150 g/mol. The van der Waals surface area contributed by atoms with Crippen molar-refractivity contribution in [3.63, 3.8) is 0 Å². The van der Waals surface area contributed by atoms with Gasteiger partial charge >= 0.3 is 0 Å². The largest absolute Gasteiger partial charge is 0.320 e. The summed E-state index contributed by atoms with van der Waals surface area (Å²) in [5, 5.41) is 2.02. The lowest BCUT2D eigenvalue weighted by Gasteiger charge is -1.99. The van der Waals surface area contributed by atoms with Crippen LogP contribution in [0.1, 0.15) is 0 Å². The summed E-state index contributed by atoms with van der Waals surface area (Å²) in [7, 11) is 0. The molecule has 5 nitrogen and oxygen atoms in total.